The molecule has 0 radical (unpaired) electrons. The lowest BCUT2D eigenvalue weighted by Crippen LogP contribution is -2.29. The average molecular weight is 282 g/mol. The maximum Gasteiger partial charge on any atom is 0.227 e. The zero-order valence-electron chi connectivity index (χ0n) is 11.2. The van der Waals surface area contributed by atoms with E-state index in [9.17, 15) is 4.79 Å². The van der Waals surface area contributed by atoms with Crippen LogP contribution in [-0.2, 0) is 4.79 Å². The van der Waals surface area contributed by atoms with E-state index in [1.807, 2.05) is 6.92 Å². The molecular formula is C14H20ClN3O. The van der Waals surface area contributed by atoms with Gasteiger partial charge in [-0.3, -0.25) is 4.79 Å². The Kier molecular flexibility index (Phi) is 4.77. The summed E-state index contributed by atoms with van der Waals surface area (Å²) in [6.45, 7) is 2.57. The minimum Gasteiger partial charge on any atom is -0.330 e. The average Bonchev–Trinajstić information content (AvgIpc) is 2.42. The maximum atomic E-state index is 12.2. The Morgan fingerprint density at radius 3 is 2.68 bits per heavy atom. The van der Waals surface area contributed by atoms with Crippen molar-refractivity contribution in [1.29, 1.82) is 0 Å². The van der Waals surface area contributed by atoms with Gasteiger partial charge in [-0.2, -0.15) is 0 Å². The molecule has 5 heteroatoms. The molecule has 1 heterocycles. The second-order valence-corrected chi connectivity index (χ2v) is 5.60. The highest BCUT2D eigenvalue weighted by molar-refractivity contribution is 6.29. The third kappa shape index (κ3) is 3.67. The van der Waals surface area contributed by atoms with Crippen LogP contribution in [0.5, 0.6) is 0 Å². The number of aromatic nitrogens is 1. The van der Waals surface area contributed by atoms with Crippen LogP contribution in [0.2, 0.25) is 5.15 Å². The van der Waals surface area contributed by atoms with Gasteiger partial charge in [0.2, 0.25) is 5.91 Å². The number of nitrogens with two attached hydrogens (primary N) is 1. The van der Waals surface area contributed by atoms with Gasteiger partial charge in [0.1, 0.15) is 5.15 Å². The van der Waals surface area contributed by atoms with Crippen LogP contribution >= 0.6 is 11.6 Å². The fourth-order valence-corrected chi connectivity index (χ4v) is 2.75. The summed E-state index contributed by atoms with van der Waals surface area (Å²) >= 11 is 5.80. The molecule has 0 unspecified atom stereocenters. The van der Waals surface area contributed by atoms with Gasteiger partial charge < -0.3 is 11.1 Å². The molecule has 0 spiro atoms. The Morgan fingerprint density at radius 1 is 1.42 bits per heavy atom. The van der Waals surface area contributed by atoms with E-state index < -0.39 is 0 Å². The molecule has 1 aromatic heterocycles. The quantitative estimate of drug-likeness (QED) is 0.837. The summed E-state index contributed by atoms with van der Waals surface area (Å²) < 4.78 is 0. The van der Waals surface area contributed by atoms with Crippen molar-refractivity contribution in [2.75, 3.05) is 11.9 Å². The lowest BCUT2D eigenvalue weighted by molar-refractivity contribution is -0.121. The smallest absolute Gasteiger partial charge is 0.227 e. The molecule has 0 bridgehead atoms. The molecule has 1 fully saturated rings. The number of carbonyl (C=O) groups excluding carboxylic acids is 1. The number of hydrogen-bond acceptors (Lipinski definition) is 3. The minimum atomic E-state index is 0.0858. The molecular weight excluding hydrogens is 262 g/mol. The van der Waals surface area contributed by atoms with Crippen LogP contribution in [0.3, 0.4) is 0 Å². The molecule has 1 aliphatic rings. The van der Waals surface area contributed by atoms with Crippen molar-refractivity contribution in [3.8, 4) is 0 Å². The number of nitrogens with zero attached hydrogens (tertiary/aromatic N) is 1. The molecule has 0 saturated heterocycles. The lowest BCUT2D eigenvalue weighted by atomic mass is 9.81. The summed E-state index contributed by atoms with van der Waals surface area (Å²) in [6, 6.07) is 3.49. The van der Waals surface area contributed by atoms with E-state index in [0.29, 0.717) is 11.1 Å². The number of carbonyl (C=O) groups is 1. The highest BCUT2D eigenvalue weighted by atomic mass is 35.5. The van der Waals surface area contributed by atoms with Crippen molar-refractivity contribution in [2.45, 2.75) is 32.6 Å². The molecule has 19 heavy (non-hydrogen) atoms. The van der Waals surface area contributed by atoms with Gasteiger partial charge in [-0.25, -0.2) is 4.98 Å². The predicted molar refractivity (Wildman–Crippen MR) is 77.1 cm³/mol. The van der Waals surface area contributed by atoms with Gasteiger partial charge in [0.15, 0.2) is 0 Å². The van der Waals surface area contributed by atoms with Gasteiger partial charge in [-0.15, -0.1) is 0 Å². The van der Waals surface area contributed by atoms with E-state index >= 15 is 0 Å². The number of aryl methyl sites for hydroxylation is 1. The minimum absolute atomic E-state index is 0.0858. The Balaban J connectivity index is 1.94. The largest absolute Gasteiger partial charge is 0.330 e. The molecule has 1 amide bonds. The number of hydrogen-bond donors (Lipinski definition) is 2. The van der Waals surface area contributed by atoms with Gasteiger partial charge in [-0.05, 0) is 57.2 Å². The highest BCUT2D eigenvalue weighted by Gasteiger charge is 2.25. The van der Waals surface area contributed by atoms with Gasteiger partial charge in [-0.1, -0.05) is 11.6 Å². The molecule has 1 aliphatic carbocycles. The van der Waals surface area contributed by atoms with Crippen LogP contribution in [0.4, 0.5) is 5.69 Å². The number of rotatable bonds is 3. The van der Waals surface area contributed by atoms with Crippen LogP contribution in [-0.4, -0.2) is 17.4 Å². The Labute approximate surface area is 118 Å². The third-order valence-electron chi connectivity index (χ3n) is 3.86. The number of pyridine rings is 1. The van der Waals surface area contributed by atoms with E-state index in [-0.39, 0.29) is 11.8 Å². The highest BCUT2D eigenvalue weighted by Crippen LogP contribution is 2.29. The second kappa shape index (κ2) is 6.35. The lowest BCUT2D eigenvalue weighted by Gasteiger charge is -2.26. The summed E-state index contributed by atoms with van der Waals surface area (Å²) in [7, 11) is 0. The number of halogens is 1. The first-order chi connectivity index (χ1) is 9.10. The van der Waals surface area contributed by atoms with Gasteiger partial charge in [0.05, 0.1) is 11.4 Å². The zero-order valence-corrected chi connectivity index (χ0v) is 11.9. The molecule has 104 valence electrons. The van der Waals surface area contributed by atoms with Crippen molar-refractivity contribution in [3.05, 3.63) is 23.0 Å². The molecule has 0 atom stereocenters. The number of amides is 1. The van der Waals surface area contributed by atoms with Crippen molar-refractivity contribution >= 4 is 23.2 Å². The van der Waals surface area contributed by atoms with Crippen molar-refractivity contribution in [2.24, 2.45) is 17.6 Å². The summed E-state index contributed by atoms with van der Waals surface area (Å²) in [5, 5.41) is 3.39. The molecule has 2 rings (SSSR count). The third-order valence-corrected chi connectivity index (χ3v) is 4.07. The first-order valence-electron chi connectivity index (χ1n) is 6.74. The van der Waals surface area contributed by atoms with Crippen LogP contribution in [0.25, 0.3) is 0 Å². The van der Waals surface area contributed by atoms with Crippen molar-refractivity contribution in [1.82, 2.24) is 4.98 Å². The monoisotopic (exact) mass is 281 g/mol. The fraction of sp³-hybridized carbons (Fsp3) is 0.571. The zero-order chi connectivity index (χ0) is 13.8. The van der Waals surface area contributed by atoms with E-state index in [1.54, 1.807) is 12.1 Å². The normalized spacial score (nSPS) is 23.1. The maximum absolute atomic E-state index is 12.2. The van der Waals surface area contributed by atoms with Gasteiger partial charge in [0, 0.05) is 5.92 Å². The van der Waals surface area contributed by atoms with Crippen LogP contribution in [0.15, 0.2) is 12.1 Å². The van der Waals surface area contributed by atoms with Crippen molar-refractivity contribution in [3.63, 3.8) is 0 Å². The predicted octanol–water partition coefficient (Wildman–Crippen LogP) is 2.75. The van der Waals surface area contributed by atoms with Crippen LogP contribution in [0.1, 0.15) is 31.4 Å². The van der Waals surface area contributed by atoms with E-state index in [4.69, 9.17) is 17.3 Å². The molecule has 1 aromatic rings. The second-order valence-electron chi connectivity index (χ2n) is 5.21. The van der Waals surface area contributed by atoms with E-state index in [2.05, 4.69) is 10.3 Å². The van der Waals surface area contributed by atoms with Gasteiger partial charge >= 0.3 is 0 Å². The summed E-state index contributed by atoms with van der Waals surface area (Å²) in [4.78, 5) is 16.3. The van der Waals surface area contributed by atoms with Crippen molar-refractivity contribution < 1.29 is 4.79 Å². The SMILES string of the molecule is Cc1nc(Cl)ccc1NC(=O)C1CCC(CN)CC1. The standard InChI is InChI=1S/C14H20ClN3O/c1-9-12(6-7-13(15)17-9)18-14(19)11-4-2-10(8-16)3-5-11/h6-7,10-11H,2-5,8,16H2,1H3,(H,18,19). The summed E-state index contributed by atoms with van der Waals surface area (Å²) in [6.07, 6.45) is 3.94. The van der Waals surface area contributed by atoms with Gasteiger partial charge in [0.25, 0.3) is 0 Å². The summed E-state index contributed by atoms with van der Waals surface area (Å²) in [5.74, 6) is 0.767. The molecule has 1 saturated carbocycles. The van der Waals surface area contributed by atoms with E-state index in [0.717, 1.165) is 43.6 Å². The Bertz CT molecular complexity index is 456. The summed E-state index contributed by atoms with van der Waals surface area (Å²) in [5.41, 5.74) is 7.15. The Morgan fingerprint density at radius 2 is 2.11 bits per heavy atom. The topological polar surface area (TPSA) is 68.0 Å². The number of nitrogens with one attached hydrogen (secondary N) is 1. The first kappa shape index (κ1) is 14.3. The molecule has 0 aliphatic heterocycles. The molecule has 3 N–H and O–H groups in total. The van der Waals surface area contributed by atoms with E-state index in [1.165, 1.54) is 0 Å². The fourth-order valence-electron chi connectivity index (χ4n) is 2.56. The van der Waals surface area contributed by atoms with Crippen LogP contribution < -0.4 is 11.1 Å². The van der Waals surface area contributed by atoms with Crippen LogP contribution in [0, 0.1) is 18.8 Å². The molecule has 0 aromatic carbocycles. The first-order valence-corrected chi connectivity index (χ1v) is 7.12. The number of anilines is 1. The Hall–Kier alpha value is -1.13. The molecule has 4 nitrogen and oxygen atoms in total.